The van der Waals surface area contributed by atoms with Crippen molar-refractivity contribution in [3.63, 3.8) is 0 Å². The van der Waals surface area contributed by atoms with Crippen LogP contribution in [0.1, 0.15) is 28.9 Å². The summed E-state index contributed by atoms with van der Waals surface area (Å²) in [6, 6.07) is 11.6. The molecule has 1 atom stereocenters. The van der Waals surface area contributed by atoms with Crippen LogP contribution in [-0.4, -0.2) is 50.2 Å². The molecule has 0 saturated heterocycles. The van der Waals surface area contributed by atoms with Crippen molar-refractivity contribution in [2.24, 2.45) is 0 Å². The van der Waals surface area contributed by atoms with Gasteiger partial charge in [-0.15, -0.1) is 0 Å². The zero-order valence-corrected chi connectivity index (χ0v) is 15.2. The number of benzene rings is 1. The summed E-state index contributed by atoms with van der Waals surface area (Å²) in [5.74, 6) is 1.20. The molecule has 2 rings (SSSR count). The highest BCUT2D eigenvalue weighted by molar-refractivity contribution is 5.89. The molecule has 1 heterocycles. The molecule has 1 unspecified atom stereocenters. The number of nitrogens with one attached hydrogen (secondary N) is 1. The first kappa shape index (κ1) is 18.7. The number of anilines is 1. The van der Waals surface area contributed by atoms with Crippen LogP contribution in [0.25, 0.3) is 0 Å². The number of ether oxygens (including phenoxy) is 2. The molecule has 0 amide bonds. The fourth-order valence-electron chi connectivity index (χ4n) is 2.55. The van der Waals surface area contributed by atoms with Crippen LogP contribution in [0.5, 0.6) is 5.75 Å². The summed E-state index contributed by atoms with van der Waals surface area (Å²) in [7, 11) is 5.72. The Labute approximate surface area is 148 Å². The molecular weight excluding hydrogens is 318 g/mol. The van der Waals surface area contributed by atoms with Gasteiger partial charge in [0.1, 0.15) is 11.6 Å². The first-order valence-corrected chi connectivity index (χ1v) is 8.23. The van der Waals surface area contributed by atoms with Gasteiger partial charge in [-0.3, -0.25) is 0 Å². The summed E-state index contributed by atoms with van der Waals surface area (Å²) in [6.45, 7) is 2.78. The third-order valence-electron chi connectivity index (χ3n) is 3.87. The summed E-state index contributed by atoms with van der Waals surface area (Å²) in [6.07, 6.45) is 1.52. The van der Waals surface area contributed by atoms with Crippen molar-refractivity contribution in [1.82, 2.24) is 9.88 Å². The standard InChI is InChI=1S/C19H25N3O3/c1-5-25-19(23)14-10-11-18(20-12-14)21-13-16(22(2)3)15-8-6-7-9-17(15)24-4/h6-12,16H,5,13H2,1-4H3,(H,20,21). The smallest absolute Gasteiger partial charge is 0.339 e. The number of para-hydroxylation sites is 1. The quantitative estimate of drug-likeness (QED) is 0.744. The highest BCUT2D eigenvalue weighted by Gasteiger charge is 2.18. The Kier molecular flexibility index (Phi) is 6.77. The zero-order valence-electron chi connectivity index (χ0n) is 15.2. The number of hydrogen-bond donors (Lipinski definition) is 1. The summed E-state index contributed by atoms with van der Waals surface area (Å²) < 4.78 is 10.4. The van der Waals surface area contributed by atoms with Gasteiger partial charge in [-0.25, -0.2) is 9.78 Å². The minimum Gasteiger partial charge on any atom is -0.496 e. The second-order valence-corrected chi connectivity index (χ2v) is 5.75. The van der Waals surface area contributed by atoms with Crippen molar-refractivity contribution in [3.8, 4) is 5.75 Å². The molecule has 1 aromatic heterocycles. The van der Waals surface area contributed by atoms with E-state index in [-0.39, 0.29) is 12.0 Å². The van der Waals surface area contributed by atoms with Gasteiger partial charge in [-0.2, -0.15) is 0 Å². The van der Waals surface area contributed by atoms with Gasteiger partial charge in [-0.05, 0) is 39.2 Å². The predicted octanol–water partition coefficient (Wildman–Crippen LogP) is 2.98. The van der Waals surface area contributed by atoms with Gasteiger partial charge in [0, 0.05) is 18.3 Å². The molecule has 6 heteroatoms. The van der Waals surface area contributed by atoms with Gasteiger partial charge < -0.3 is 19.7 Å². The first-order valence-electron chi connectivity index (χ1n) is 8.23. The van der Waals surface area contributed by atoms with Gasteiger partial charge in [-0.1, -0.05) is 18.2 Å². The van der Waals surface area contributed by atoms with E-state index in [1.54, 1.807) is 26.2 Å². The molecule has 0 aliphatic rings. The van der Waals surface area contributed by atoms with E-state index >= 15 is 0 Å². The van der Waals surface area contributed by atoms with Crippen LogP contribution in [0.2, 0.25) is 0 Å². The third-order valence-corrected chi connectivity index (χ3v) is 3.87. The highest BCUT2D eigenvalue weighted by atomic mass is 16.5. The number of hydrogen-bond acceptors (Lipinski definition) is 6. The Hall–Kier alpha value is -2.60. The molecule has 1 N–H and O–H groups in total. The minimum absolute atomic E-state index is 0.114. The minimum atomic E-state index is -0.360. The van der Waals surface area contributed by atoms with Crippen molar-refractivity contribution in [3.05, 3.63) is 53.7 Å². The predicted molar refractivity (Wildman–Crippen MR) is 98.1 cm³/mol. The normalized spacial score (nSPS) is 11.9. The molecule has 6 nitrogen and oxygen atoms in total. The van der Waals surface area contributed by atoms with Crippen LogP contribution in [0, 0.1) is 0 Å². The average molecular weight is 343 g/mol. The van der Waals surface area contributed by atoms with Crippen molar-refractivity contribution >= 4 is 11.8 Å². The number of aromatic nitrogens is 1. The van der Waals surface area contributed by atoms with Crippen molar-refractivity contribution in [1.29, 1.82) is 0 Å². The number of methoxy groups -OCH3 is 1. The topological polar surface area (TPSA) is 63.7 Å². The maximum atomic E-state index is 11.7. The molecule has 0 radical (unpaired) electrons. The number of likely N-dealkylation sites (N-methyl/N-ethyl adjacent to an activating group) is 1. The van der Waals surface area contributed by atoms with Crippen LogP contribution in [0.4, 0.5) is 5.82 Å². The number of esters is 1. The molecular formula is C19H25N3O3. The lowest BCUT2D eigenvalue weighted by Crippen LogP contribution is -2.27. The number of rotatable bonds is 8. The molecule has 0 saturated carbocycles. The number of pyridine rings is 1. The Bertz CT molecular complexity index is 687. The fourth-order valence-corrected chi connectivity index (χ4v) is 2.55. The largest absolute Gasteiger partial charge is 0.496 e. The van der Waals surface area contributed by atoms with Crippen LogP contribution >= 0.6 is 0 Å². The van der Waals surface area contributed by atoms with E-state index in [9.17, 15) is 4.79 Å². The second-order valence-electron chi connectivity index (χ2n) is 5.75. The third kappa shape index (κ3) is 4.93. The summed E-state index contributed by atoms with van der Waals surface area (Å²) in [4.78, 5) is 18.1. The summed E-state index contributed by atoms with van der Waals surface area (Å²) in [5.41, 5.74) is 1.55. The molecule has 0 aliphatic carbocycles. The maximum absolute atomic E-state index is 11.7. The first-order chi connectivity index (χ1) is 12.1. The molecule has 0 bridgehead atoms. The molecule has 1 aromatic carbocycles. The van der Waals surface area contributed by atoms with Crippen molar-refractivity contribution in [2.45, 2.75) is 13.0 Å². The van der Waals surface area contributed by atoms with E-state index in [2.05, 4.69) is 21.3 Å². The van der Waals surface area contributed by atoms with Gasteiger partial charge in [0.05, 0.1) is 25.3 Å². The number of carbonyl (C=O) groups is 1. The van der Waals surface area contributed by atoms with Crippen molar-refractivity contribution in [2.75, 3.05) is 39.7 Å². The lowest BCUT2D eigenvalue weighted by molar-refractivity contribution is 0.0526. The van der Waals surface area contributed by atoms with Gasteiger partial charge >= 0.3 is 5.97 Å². The van der Waals surface area contributed by atoms with E-state index in [1.165, 1.54) is 6.20 Å². The second kappa shape index (κ2) is 9.03. The van der Waals surface area contributed by atoms with Crippen molar-refractivity contribution < 1.29 is 14.3 Å². The molecule has 25 heavy (non-hydrogen) atoms. The molecule has 0 fully saturated rings. The molecule has 2 aromatic rings. The molecule has 0 aliphatic heterocycles. The van der Waals surface area contributed by atoms with E-state index in [0.29, 0.717) is 24.5 Å². The SMILES string of the molecule is CCOC(=O)c1ccc(NCC(c2ccccc2OC)N(C)C)nc1. The molecule has 134 valence electrons. The number of nitrogens with zero attached hydrogens (tertiary/aromatic N) is 2. The average Bonchev–Trinajstić information content (AvgIpc) is 2.62. The number of carbonyl (C=O) groups excluding carboxylic acids is 1. The Balaban J connectivity index is 2.08. The summed E-state index contributed by atoms with van der Waals surface area (Å²) >= 11 is 0. The van der Waals surface area contributed by atoms with Crippen LogP contribution in [-0.2, 0) is 4.74 Å². The fraction of sp³-hybridized carbons (Fsp3) is 0.368. The van der Waals surface area contributed by atoms with Gasteiger partial charge in [0.25, 0.3) is 0 Å². The van der Waals surface area contributed by atoms with Crippen LogP contribution in [0.15, 0.2) is 42.6 Å². The van der Waals surface area contributed by atoms with Crippen LogP contribution < -0.4 is 10.1 Å². The van der Waals surface area contributed by atoms with Gasteiger partial charge in [0.2, 0.25) is 0 Å². The monoisotopic (exact) mass is 343 g/mol. The maximum Gasteiger partial charge on any atom is 0.339 e. The van der Waals surface area contributed by atoms with E-state index < -0.39 is 0 Å². The van der Waals surface area contributed by atoms with Gasteiger partial charge in [0.15, 0.2) is 0 Å². The lowest BCUT2D eigenvalue weighted by atomic mass is 10.0. The Morgan fingerprint density at radius 2 is 2.00 bits per heavy atom. The van der Waals surface area contributed by atoms with E-state index in [0.717, 1.165) is 11.3 Å². The lowest BCUT2D eigenvalue weighted by Gasteiger charge is -2.26. The van der Waals surface area contributed by atoms with E-state index in [1.807, 2.05) is 32.3 Å². The Morgan fingerprint density at radius 1 is 1.24 bits per heavy atom. The zero-order chi connectivity index (χ0) is 18.2. The molecule has 0 spiro atoms. The highest BCUT2D eigenvalue weighted by Crippen LogP contribution is 2.28. The summed E-state index contributed by atoms with van der Waals surface area (Å²) in [5, 5.41) is 3.31. The van der Waals surface area contributed by atoms with Crippen LogP contribution in [0.3, 0.4) is 0 Å². The Morgan fingerprint density at radius 3 is 2.60 bits per heavy atom. The van der Waals surface area contributed by atoms with E-state index in [4.69, 9.17) is 9.47 Å².